The van der Waals surface area contributed by atoms with Crippen LogP contribution < -0.4 is 11.3 Å². The molecule has 1 amide bonds. The van der Waals surface area contributed by atoms with Gasteiger partial charge in [0, 0.05) is 6.54 Å². The first kappa shape index (κ1) is 13.1. The molecule has 0 saturated carbocycles. The van der Waals surface area contributed by atoms with Crippen LogP contribution in [0.4, 0.5) is 0 Å². The number of carbonyl (C=O) groups excluding carboxylic acids is 1. The molecule has 1 aromatic rings. The molecule has 100 valence electrons. The molecule has 0 atom stereocenters. The minimum atomic E-state index is -0.296. The molecule has 1 fully saturated rings. The lowest BCUT2D eigenvalue weighted by molar-refractivity contribution is 0.0934. The van der Waals surface area contributed by atoms with Gasteiger partial charge in [-0.15, -0.1) is 0 Å². The van der Waals surface area contributed by atoms with E-state index >= 15 is 0 Å². The van der Waals surface area contributed by atoms with Gasteiger partial charge in [0.2, 0.25) is 0 Å². The average Bonchev–Trinajstić information content (AvgIpc) is 2.75. The van der Waals surface area contributed by atoms with E-state index in [-0.39, 0.29) is 5.91 Å². The van der Waals surface area contributed by atoms with Crippen molar-refractivity contribution in [3.05, 3.63) is 23.7 Å². The number of nitrogen functional groups attached to an aromatic ring is 1. The highest BCUT2D eigenvalue weighted by Gasteiger charge is 2.27. The van der Waals surface area contributed by atoms with Gasteiger partial charge in [0.25, 0.3) is 5.91 Å². The van der Waals surface area contributed by atoms with Crippen molar-refractivity contribution >= 4 is 5.91 Å². The van der Waals surface area contributed by atoms with Crippen LogP contribution in [-0.4, -0.2) is 23.9 Å². The van der Waals surface area contributed by atoms with Crippen molar-refractivity contribution in [2.75, 3.05) is 13.1 Å². The topological polar surface area (TPSA) is 71.5 Å². The maximum atomic E-state index is 11.5. The number of hydrazine groups is 1. The van der Waals surface area contributed by atoms with Gasteiger partial charge >= 0.3 is 0 Å². The van der Waals surface area contributed by atoms with E-state index in [1.807, 2.05) is 0 Å². The Bertz CT molecular complexity index is 426. The molecule has 2 rings (SSSR count). The van der Waals surface area contributed by atoms with Crippen LogP contribution in [0.15, 0.2) is 16.7 Å². The second kappa shape index (κ2) is 5.12. The summed E-state index contributed by atoms with van der Waals surface area (Å²) in [4.78, 5) is 13.9. The van der Waals surface area contributed by atoms with Crippen LogP contribution in [0, 0.1) is 5.41 Å². The standard InChI is InChI=1S/C13H21N3O2/c1-13(2)5-3-6-16(9-13)8-11-10(4-7-18-11)12(17)15-14/h4,7H,3,5-6,8-9,14H2,1-2H3,(H,15,17). The minimum absolute atomic E-state index is 0.296. The predicted octanol–water partition coefficient (Wildman–Crippen LogP) is 1.51. The Balaban J connectivity index is 2.05. The largest absolute Gasteiger partial charge is 0.467 e. The molecule has 1 aliphatic rings. The SMILES string of the molecule is CC1(C)CCCN(Cc2occc2C(=O)NN)C1. The van der Waals surface area contributed by atoms with Crippen LogP contribution >= 0.6 is 0 Å². The Hall–Kier alpha value is -1.33. The lowest BCUT2D eigenvalue weighted by Crippen LogP contribution is -2.40. The van der Waals surface area contributed by atoms with Crippen molar-refractivity contribution in [2.45, 2.75) is 33.2 Å². The highest BCUT2D eigenvalue weighted by Crippen LogP contribution is 2.29. The summed E-state index contributed by atoms with van der Waals surface area (Å²) in [6.07, 6.45) is 3.97. The maximum absolute atomic E-state index is 11.5. The lowest BCUT2D eigenvalue weighted by Gasteiger charge is -2.37. The summed E-state index contributed by atoms with van der Waals surface area (Å²) in [7, 11) is 0. The van der Waals surface area contributed by atoms with E-state index in [2.05, 4.69) is 24.2 Å². The second-order valence-corrected chi connectivity index (χ2v) is 5.71. The van der Waals surface area contributed by atoms with Gasteiger partial charge in [-0.25, -0.2) is 5.84 Å². The van der Waals surface area contributed by atoms with Gasteiger partial charge < -0.3 is 4.42 Å². The van der Waals surface area contributed by atoms with Crippen molar-refractivity contribution in [3.63, 3.8) is 0 Å². The summed E-state index contributed by atoms with van der Waals surface area (Å²) in [6, 6.07) is 1.66. The molecule has 0 aliphatic carbocycles. The zero-order chi connectivity index (χ0) is 13.2. The van der Waals surface area contributed by atoms with E-state index in [0.717, 1.165) is 13.1 Å². The number of rotatable bonds is 3. The van der Waals surface area contributed by atoms with E-state index in [1.165, 1.54) is 19.1 Å². The van der Waals surface area contributed by atoms with Crippen molar-refractivity contribution in [1.82, 2.24) is 10.3 Å². The van der Waals surface area contributed by atoms with E-state index in [4.69, 9.17) is 10.3 Å². The molecule has 0 bridgehead atoms. The highest BCUT2D eigenvalue weighted by atomic mass is 16.3. The zero-order valence-corrected chi connectivity index (χ0v) is 11.0. The number of likely N-dealkylation sites (tertiary alicyclic amines) is 1. The number of hydrogen-bond donors (Lipinski definition) is 2. The smallest absolute Gasteiger partial charge is 0.268 e. The van der Waals surface area contributed by atoms with Crippen LogP contribution in [-0.2, 0) is 6.54 Å². The molecule has 3 N–H and O–H groups in total. The summed E-state index contributed by atoms with van der Waals surface area (Å²) in [5.74, 6) is 5.55. The number of nitrogens with two attached hydrogens (primary N) is 1. The predicted molar refractivity (Wildman–Crippen MR) is 68.7 cm³/mol. The number of nitrogens with zero attached hydrogens (tertiary/aromatic N) is 1. The van der Waals surface area contributed by atoms with Crippen molar-refractivity contribution < 1.29 is 9.21 Å². The van der Waals surface area contributed by atoms with Crippen LogP contribution in [0.1, 0.15) is 42.8 Å². The molecule has 0 spiro atoms. The van der Waals surface area contributed by atoms with Crippen molar-refractivity contribution in [1.29, 1.82) is 0 Å². The van der Waals surface area contributed by atoms with Crippen molar-refractivity contribution in [3.8, 4) is 0 Å². The Kier molecular flexibility index (Phi) is 3.73. The number of furan rings is 1. The summed E-state index contributed by atoms with van der Waals surface area (Å²) >= 11 is 0. The molecule has 1 aliphatic heterocycles. The Morgan fingerprint density at radius 1 is 1.61 bits per heavy atom. The fourth-order valence-corrected chi connectivity index (χ4v) is 2.63. The maximum Gasteiger partial charge on any atom is 0.268 e. The van der Waals surface area contributed by atoms with Gasteiger partial charge in [0.05, 0.1) is 18.4 Å². The number of carbonyl (C=O) groups is 1. The number of nitrogens with one attached hydrogen (secondary N) is 1. The summed E-state index contributed by atoms with van der Waals surface area (Å²) < 4.78 is 5.40. The Morgan fingerprint density at radius 3 is 3.06 bits per heavy atom. The number of piperidine rings is 1. The molecule has 1 aromatic heterocycles. The Morgan fingerprint density at radius 2 is 2.39 bits per heavy atom. The molecular weight excluding hydrogens is 230 g/mol. The molecule has 18 heavy (non-hydrogen) atoms. The summed E-state index contributed by atoms with van der Waals surface area (Å²) in [5, 5.41) is 0. The minimum Gasteiger partial charge on any atom is -0.467 e. The molecule has 5 heteroatoms. The van der Waals surface area contributed by atoms with Gasteiger partial charge in [0.15, 0.2) is 0 Å². The molecule has 1 saturated heterocycles. The summed E-state index contributed by atoms with van der Waals surface area (Å²) in [6.45, 7) is 7.29. The second-order valence-electron chi connectivity index (χ2n) is 5.71. The fraction of sp³-hybridized carbons (Fsp3) is 0.615. The number of amides is 1. The molecule has 0 radical (unpaired) electrons. The third-order valence-corrected chi connectivity index (χ3v) is 3.47. The summed E-state index contributed by atoms with van der Waals surface area (Å²) in [5.41, 5.74) is 3.01. The first-order valence-electron chi connectivity index (χ1n) is 6.31. The monoisotopic (exact) mass is 251 g/mol. The number of hydrogen-bond acceptors (Lipinski definition) is 4. The van der Waals surface area contributed by atoms with E-state index in [9.17, 15) is 4.79 Å². The third-order valence-electron chi connectivity index (χ3n) is 3.47. The average molecular weight is 251 g/mol. The van der Waals surface area contributed by atoms with Crippen LogP contribution in [0.25, 0.3) is 0 Å². The quantitative estimate of drug-likeness (QED) is 0.485. The normalized spacial score (nSPS) is 19.7. The van der Waals surface area contributed by atoms with Crippen LogP contribution in [0.2, 0.25) is 0 Å². The lowest BCUT2D eigenvalue weighted by atomic mass is 9.84. The van der Waals surface area contributed by atoms with Gasteiger partial charge in [0.1, 0.15) is 5.76 Å². The van der Waals surface area contributed by atoms with Crippen molar-refractivity contribution in [2.24, 2.45) is 11.3 Å². The third kappa shape index (κ3) is 2.91. The molecule has 2 heterocycles. The van der Waals surface area contributed by atoms with Gasteiger partial charge in [-0.1, -0.05) is 13.8 Å². The molecule has 0 aromatic carbocycles. The van der Waals surface area contributed by atoms with Gasteiger partial charge in [-0.3, -0.25) is 15.1 Å². The fourth-order valence-electron chi connectivity index (χ4n) is 2.63. The van der Waals surface area contributed by atoms with Crippen LogP contribution in [0.5, 0.6) is 0 Å². The Labute approximate surface area is 107 Å². The molecule has 0 unspecified atom stereocenters. The molecule has 5 nitrogen and oxygen atoms in total. The van der Waals surface area contributed by atoms with Gasteiger partial charge in [-0.2, -0.15) is 0 Å². The van der Waals surface area contributed by atoms with E-state index < -0.39 is 0 Å². The first-order valence-corrected chi connectivity index (χ1v) is 6.31. The van der Waals surface area contributed by atoms with Gasteiger partial charge in [-0.05, 0) is 30.9 Å². The molecular formula is C13H21N3O2. The van der Waals surface area contributed by atoms with E-state index in [0.29, 0.717) is 23.3 Å². The highest BCUT2D eigenvalue weighted by molar-refractivity contribution is 5.94. The van der Waals surface area contributed by atoms with E-state index in [1.54, 1.807) is 6.07 Å². The zero-order valence-electron chi connectivity index (χ0n) is 11.0. The first-order chi connectivity index (χ1) is 8.52. The van der Waals surface area contributed by atoms with Crippen LogP contribution in [0.3, 0.4) is 0 Å².